The zero-order valence-corrected chi connectivity index (χ0v) is 11.8. The highest BCUT2D eigenvalue weighted by Gasteiger charge is 2.25. The first kappa shape index (κ1) is 14.2. The van der Waals surface area contributed by atoms with Gasteiger partial charge in [-0.05, 0) is 48.0 Å². The molecule has 3 rings (SSSR count). The molecule has 5 nitrogen and oxygen atoms in total. The van der Waals surface area contributed by atoms with E-state index < -0.39 is 6.16 Å². The van der Waals surface area contributed by atoms with Gasteiger partial charge in [0.1, 0.15) is 11.5 Å². The second-order valence-corrected chi connectivity index (χ2v) is 5.11. The molecule has 0 atom stereocenters. The summed E-state index contributed by atoms with van der Waals surface area (Å²) in [5.74, 6) is -0.445. The van der Waals surface area contributed by atoms with Crippen LogP contribution in [0.25, 0.3) is 11.8 Å². The Morgan fingerprint density at radius 2 is 1.77 bits per heavy atom. The molecular formula is C16H9ClO5. The molecule has 2 aromatic rings. The van der Waals surface area contributed by atoms with Gasteiger partial charge in [0.05, 0.1) is 5.56 Å². The van der Waals surface area contributed by atoms with Gasteiger partial charge in [-0.1, -0.05) is 11.6 Å². The van der Waals surface area contributed by atoms with E-state index in [-0.39, 0.29) is 22.9 Å². The first-order valence-electron chi connectivity index (χ1n) is 6.26. The topological polar surface area (TPSA) is 83.8 Å². The van der Waals surface area contributed by atoms with Gasteiger partial charge in [0.2, 0.25) is 0 Å². The van der Waals surface area contributed by atoms with E-state index >= 15 is 0 Å². The van der Waals surface area contributed by atoms with Crippen molar-refractivity contribution in [1.82, 2.24) is 0 Å². The minimum Gasteiger partial charge on any atom is -0.507 e. The number of halogens is 1. The van der Waals surface area contributed by atoms with Crippen LogP contribution in [-0.2, 0) is 4.74 Å². The average Bonchev–Trinajstić information content (AvgIpc) is 2.47. The van der Waals surface area contributed by atoms with Crippen LogP contribution in [0.5, 0.6) is 5.75 Å². The average molecular weight is 317 g/mol. The number of ether oxygens (including phenoxy) is 1. The van der Waals surface area contributed by atoms with Crippen LogP contribution in [-0.4, -0.2) is 22.2 Å². The maximum atomic E-state index is 12.4. The molecule has 0 bridgehead atoms. The van der Waals surface area contributed by atoms with Crippen LogP contribution in [0, 0.1) is 0 Å². The Labute approximate surface area is 130 Å². The van der Waals surface area contributed by atoms with Gasteiger partial charge in [-0.3, -0.25) is 4.79 Å². The van der Waals surface area contributed by atoms with E-state index in [1.165, 1.54) is 18.2 Å². The zero-order chi connectivity index (χ0) is 15.9. The Morgan fingerprint density at radius 1 is 1.09 bits per heavy atom. The number of carbonyl (C=O) groups is 2. The highest BCUT2D eigenvalue weighted by atomic mass is 35.5. The molecule has 0 aromatic heterocycles. The fraction of sp³-hybridized carbons (Fsp3) is 0. The van der Waals surface area contributed by atoms with Gasteiger partial charge in [0.25, 0.3) is 0 Å². The molecule has 22 heavy (non-hydrogen) atoms. The fourth-order valence-electron chi connectivity index (χ4n) is 2.20. The number of phenolic OH excluding ortho intramolecular Hbond substituents is 1. The number of fused-ring (bicyclic) bond motifs is 1. The lowest BCUT2D eigenvalue weighted by atomic mass is 9.90. The third-order valence-electron chi connectivity index (χ3n) is 3.27. The van der Waals surface area contributed by atoms with E-state index in [1.807, 2.05) is 0 Å². The number of phenols is 1. The molecule has 0 fully saturated rings. The van der Waals surface area contributed by atoms with Crippen molar-refractivity contribution in [2.24, 2.45) is 0 Å². The van der Waals surface area contributed by atoms with Crippen molar-refractivity contribution in [2.45, 2.75) is 0 Å². The molecule has 0 heterocycles. The van der Waals surface area contributed by atoms with Gasteiger partial charge >= 0.3 is 6.16 Å². The molecule has 6 heteroatoms. The summed E-state index contributed by atoms with van der Waals surface area (Å²) in [5, 5.41) is 19.1. The van der Waals surface area contributed by atoms with Crippen molar-refractivity contribution in [3.05, 3.63) is 63.7 Å². The number of carboxylic acid groups (broad SMARTS) is 1. The summed E-state index contributed by atoms with van der Waals surface area (Å²) < 4.78 is 4.53. The van der Waals surface area contributed by atoms with Gasteiger partial charge in [0.15, 0.2) is 5.78 Å². The van der Waals surface area contributed by atoms with Gasteiger partial charge < -0.3 is 14.9 Å². The summed E-state index contributed by atoms with van der Waals surface area (Å²) in [6.45, 7) is 0. The lowest BCUT2D eigenvalue weighted by Gasteiger charge is -2.19. The molecule has 0 aliphatic heterocycles. The molecule has 0 spiro atoms. The first-order valence-corrected chi connectivity index (χ1v) is 6.63. The molecule has 1 aliphatic rings. The molecule has 0 saturated carbocycles. The van der Waals surface area contributed by atoms with Crippen LogP contribution >= 0.6 is 11.6 Å². The van der Waals surface area contributed by atoms with Crippen LogP contribution in [0.15, 0.2) is 36.4 Å². The maximum absolute atomic E-state index is 12.4. The van der Waals surface area contributed by atoms with Crippen molar-refractivity contribution in [3.63, 3.8) is 0 Å². The van der Waals surface area contributed by atoms with Crippen LogP contribution in [0.3, 0.4) is 0 Å². The van der Waals surface area contributed by atoms with Crippen molar-refractivity contribution in [3.8, 4) is 5.75 Å². The Morgan fingerprint density at radius 3 is 2.41 bits per heavy atom. The van der Waals surface area contributed by atoms with Gasteiger partial charge in [-0.15, -0.1) is 0 Å². The third kappa shape index (κ3) is 2.42. The monoisotopic (exact) mass is 316 g/mol. The van der Waals surface area contributed by atoms with Gasteiger partial charge in [0, 0.05) is 16.1 Å². The third-order valence-corrected chi connectivity index (χ3v) is 3.52. The number of benzene rings is 2. The summed E-state index contributed by atoms with van der Waals surface area (Å²) in [4.78, 5) is 22.9. The predicted molar refractivity (Wildman–Crippen MR) is 80.0 cm³/mol. The lowest BCUT2D eigenvalue weighted by molar-refractivity contribution is 0.103. The SMILES string of the molecule is O=C(O)OC1=Cc2cc(C(=O)c3ccc(Cl)cc3)c(O)cc21. The summed E-state index contributed by atoms with van der Waals surface area (Å²) in [7, 11) is 0. The molecule has 110 valence electrons. The number of aromatic hydroxyl groups is 1. The van der Waals surface area contributed by atoms with Crippen LogP contribution in [0.2, 0.25) is 5.02 Å². The molecule has 0 amide bonds. The molecule has 2 aromatic carbocycles. The quantitative estimate of drug-likeness (QED) is 0.665. The van der Waals surface area contributed by atoms with E-state index in [0.29, 0.717) is 21.7 Å². The normalized spacial score (nSPS) is 12.0. The van der Waals surface area contributed by atoms with E-state index in [2.05, 4.69) is 4.74 Å². The second-order valence-electron chi connectivity index (χ2n) is 4.67. The van der Waals surface area contributed by atoms with Crippen LogP contribution < -0.4 is 0 Å². The number of ketones is 1. The van der Waals surface area contributed by atoms with Crippen molar-refractivity contribution < 1.29 is 24.5 Å². The Balaban J connectivity index is 1.93. The van der Waals surface area contributed by atoms with Crippen molar-refractivity contribution >= 4 is 35.4 Å². The molecule has 2 N–H and O–H groups in total. The van der Waals surface area contributed by atoms with E-state index in [9.17, 15) is 14.7 Å². The Hall–Kier alpha value is -2.79. The summed E-state index contributed by atoms with van der Waals surface area (Å²) in [5.41, 5.74) is 1.61. The largest absolute Gasteiger partial charge is 0.511 e. The number of carbonyl (C=O) groups excluding carboxylic acids is 1. The molecule has 0 saturated heterocycles. The Bertz CT molecular complexity index is 821. The van der Waals surface area contributed by atoms with E-state index in [4.69, 9.17) is 16.7 Å². The van der Waals surface area contributed by atoms with Gasteiger partial charge in [-0.2, -0.15) is 0 Å². The summed E-state index contributed by atoms with van der Waals surface area (Å²) in [6, 6.07) is 9.13. The fourth-order valence-corrected chi connectivity index (χ4v) is 2.32. The first-order chi connectivity index (χ1) is 10.5. The number of hydrogen-bond acceptors (Lipinski definition) is 4. The predicted octanol–water partition coefficient (Wildman–Crippen LogP) is 3.78. The van der Waals surface area contributed by atoms with Gasteiger partial charge in [-0.25, -0.2) is 4.79 Å². The maximum Gasteiger partial charge on any atom is 0.511 e. The minimum atomic E-state index is -1.43. The molecule has 1 aliphatic carbocycles. The Kier molecular flexibility index (Phi) is 3.35. The van der Waals surface area contributed by atoms with Crippen molar-refractivity contribution in [2.75, 3.05) is 0 Å². The smallest absolute Gasteiger partial charge is 0.507 e. The molecule has 0 unspecified atom stereocenters. The molecule has 0 radical (unpaired) electrons. The summed E-state index contributed by atoms with van der Waals surface area (Å²) >= 11 is 5.78. The lowest BCUT2D eigenvalue weighted by Crippen LogP contribution is -2.09. The van der Waals surface area contributed by atoms with Crippen LogP contribution in [0.1, 0.15) is 27.0 Å². The van der Waals surface area contributed by atoms with E-state index in [0.717, 1.165) is 0 Å². The second kappa shape index (κ2) is 5.20. The van der Waals surface area contributed by atoms with Crippen molar-refractivity contribution in [1.29, 1.82) is 0 Å². The number of rotatable bonds is 3. The molecular weight excluding hydrogens is 308 g/mol. The van der Waals surface area contributed by atoms with E-state index in [1.54, 1.807) is 24.3 Å². The van der Waals surface area contributed by atoms with Crippen LogP contribution in [0.4, 0.5) is 4.79 Å². The minimum absolute atomic E-state index is 0.131. The zero-order valence-electron chi connectivity index (χ0n) is 11.0. The number of hydrogen-bond donors (Lipinski definition) is 2. The summed E-state index contributed by atoms with van der Waals surface area (Å²) in [6.07, 6.45) is 0.0550. The highest BCUT2D eigenvalue weighted by molar-refractivity contribution is 6.30. The highest BCUT2D eigenvalue weighted by Crippen LogP contribution is 2.38. The standard InChI is InChI=1S/C16H9ClO5/c17-10-3-1-8(2-4-10)15(19)12-5-9-6-14(22-16(20)21)11(9)7-13(12)18/h1-7,18H,(H,20,21).